The van der Waals surface area contributed by atoms with Gasteiger partial charge in [-0.05, 0) is 61.1 Å². The molecular weight excluding hydrogens is 302 g/mol. The Morgan fingerprint density at radius 3 is 2.58 bits per heavy atom. The number of hydrogen-bond donors (Lipinski definition) is 1. The topological polar surface area (TPSA) is 65.5 Å². The number of furan rings is 1. The lowest BCUT2D eigenvalue weighted by atomic mass is 9.90. The molecule has 4 heteroatoms. The maximum atomic E-state index is 12.9. The van der Waals surface area contributed by atoms with Gasteiger partial charge in [0.15, 0.2) is 5.76 Å². The van der Waals surface area contributed by atoms with Gasteiger partial charge in [-0.3, -0.25) is 4.79 Å². The molecule has 0 radical (unpaired) electrons. The lowest BCUT2D eigenvalue weighted by molar-refractivity contribution is 0.101. The van der Waals surface area contributed by atoms with E-state index in [0.29, 0.717) is 22.6 Å². The van der Waals surface area contributed by atoms with Crippen LogP contribution in [0.1, 0.15) is 40.1 Å². The van der Waals surface area contributed by atoms with Crippen molar-refractivity contribution in [3.63, 3.8) is 0 Å². The number of fused-ring (bicyclic) bond motifs is 2. The summed E-state index contributed by atoms with van der Waals surface area (Å²) >= 11 is 0. The molecule has 2 N–H and O–H groups in total. The van der Waals surface area contributed by atoms with Crippen LogP contribution in [0.2, 0.25) is 0 Å². The summed E-state index contributed by atoms with van der Waals surface area (Å²) in [6.07, 6.45) is 4.51. The first-order valence-corrected chi connectivity index (χ1v) is 8.20. The van der Waals surface area contributed by atoms with E-state index < -0.39 is 0 Å². The molecule has 0 unspecified atom stereocenters. The second-order valence-electron chi connectivity index (χ2n) is 6.20. The highest BCUT2D eigenvalue weighted by Crippen LogP contribution is 2.35. The molecule has 1 aliphatic rings. The molecule has 0 fully saturated rings. The van der Waals surface area contributed by atoms with Crippen molar-refractivity contribution in [2.75, 3.05) is 12.8 Å². The third-order valence-electron chi connectivity index (χ3n) is 4.75. The molecule has 1 aromatic heterocycles. The number of carbonyl (C=O) groups is 1. The molecule has 2 aromatic carbocycles. The Labute approximate surface area is 140 Å². The molecular formula is C20H19NO3. The van der Waals surface area contributed by atoms with Gasteiger partial charge in [0.05, 0.1) is 18.4 Å². The maximum Gasteiger partial charge on any atom is 0.234 e. The Morgan fingerprint density at radius 1 is 1.12 bits per heavy atom. The van der Waals surface area contributed by atoms with E-state index in [1.807, 2.05) is 12.1 Å². The number of nitrogens with two attached hydrogens (primary N) is 1. The number of ether oxygens (including phenoxy) is 1. The molecule has 0 saturated heterocycles. The van der Waals surface area contributed by atoms with Gasteiger partial charge in [0.1, 0.15) is 11.3 Å². The Balaban J connectivity index is 1.85. The van der Waals surface area contributed by atoms with Crippen molar-refractivity contribution in [2.24, 2.45) is 0 Å². The molecule has 24 heavy (non-hydrogen) atoms. The van der Waals surface area contributed by atoms with Gasteiger partial charge in [0.25, 0.3) is 0 Å². The largest absolute Gasteiger partial charge is 0.496 e. The average Bonchev–Trinajstić information content (AvgIpc) is 2.95. The summed E-state index contributed by atoms with van der Waals surface area (Å²) in [4.78, 5) is 12.9. The summed E-state index contributed by atoms with van der Waals surface area (Å²) in [5.41, 5.74) is 10.4. The Kier molecular flexibility index (Phi) is 3.53. The molecule has 0 saturated carbocycles. The molecule has 122 valence electrons. The quantitative estimate of drug-likeness (QED) is 0.737. The molecule has 0 atom stereocenters. The van der Waals surface area contributed by atoms with Crippen molar-refractivity contribution in [3.05, 3.63) is 58.8 Å². The summed E-state index contributed by atoms with van der Waals surface area (Å²) in [6, 6.07) is 11.2. The molecule has 1 heterocycles. The number of methoxy groups -OCH3 is 1. The van der Waals surface area contributed by atoms with Gasteiger partial charge in [-0.2, -0.15) is 0 Å². The number of para-hydroxylation sites is 1. The fourth-order valence-corrected chi connectivity index (χ4v) is 3.47. The number of nitrogen functional groups attached to an aromatic ring is 1. The van der Waals surface area contributed by atoms with Crippen LogP contribution < -0.4 is 10.5 Å². The number of rotatable bonds is 3. The molecule has 1 aliphatic carbocycles. The van der Waals surface area contributed by atoms with Crippen LogP contribution in [0.5, 0.6) is 5.75 Å². The average molecular weight is 321 g/mol. The number of ketones is 1. The van der Waals surface area contributed by atoms with Crippen LogP contribution >= 0.6 is 0 Å². The smallest absolute Gasteiger partial charge is 0.234 e. The summed E-state index contributed by atoms with van der Waals surface area (Å²) in [5.74, 6) is 0.456. The maximum absolute atomic E-state index is 12.9. The van der Waals surface area contributed by atoms with Gasteiger partial charge in [-0.15, -0.1) is 0 Å². The lowest BCUT2D eigenvalue weighted by Crippen LogP contribution is -2.05. The van der Waals surface area contributed by atoms with E-state index in [4.69, 9.17) is 14.9 Å². The Morgan fingerprint density at radius 2 is 1.83 bits per heavy atom. The van der Waals surface area contributed by atoms with Crippen LogP contribution in [-0.4, -0.2) is 12.9 Å². The number of anilines is 1. The molecule has 4 nitrogen and oxygen atoms in total. The first-order valence-electron chi connectivity index (χ1n) is 8.20. The minimum atomic E-state index is -0.251. The molecule has 4 rings (SSSR count). The molecule has 0 spiro atoms. The van der Waals surface area contributed by atoms with Gasteiger partial charge in [0.2, 0.25) is 5.78 Å². The van der Waals surface area contributed by atoms with Crippen molar-refractivity contribution in [1.29, 1.82) is 0 Å². The summed E-state index contributed by atoms with van der Waals surface area (Å²) < 4.78 is 11.1. The summed E-state index contributed by atoms with van der Waals surface area (Å²) in [5, 5.41) is 0.828. The van der Waals surface area contributed by atoms with E-state index >= 15 is 0 Å². The second kappa shape index (κ2) is 5.71. The van der Waals surface area contributed by atoms with E-state index in [2.05, 4.69) is 6.07 Å². The number of benzene rings is 2. The zero-order chi connectivity index (χ0) is 16.7. The van der Waals surface area contributed by atoms with Gasteiger partial charge in [-0.25, -0.2) is 0 Å². The van der Waals surface area contributed by atoms with Gasteiger partial charge in [-0.1, -0.05) is 12.1 Å². The standard InChI is InChI=1S/C20H19NO3/c1-23-16-9-5-4-8-14(16)19(22)20-18(21)15-10-12-6-2-3-7-13(12)11-17(15)24-20/h4-5,8-11H,2-3,6-7,21H2,1H3. The van der Waals surface area contributed by atoms with Crippen molar-refractivity contribution in [3.8, 4) is 5.75 Å². The highest BCUT2D eigenvalue weighted by atomic mass is 16.5. The first-order chi connectivity index (χ1) is 11.7. The number of hydrogen-bond acceptors (Lipinski definition) is 4. The van der Waals surface area contributed by atoms with Crippen molar-refractivity contribution in [1.82, 2.24) is 0 Å². The SMILES string of the molecule is COc1ccccc1C(=O)c1oc2cc3c(cc2c1N)CCCC3. The molecule has 0 bridgehead atoms. The molecule has 0 amide bonds. The normalized spacial score (nSPS) is 13.7. The van der Waals surface area contributed by atoms with E-state index in [0.717, 1.165) is 18.2 Å². The van der Waals surface area contributed by atoms with Crippen LogP contribution in [0.15, 0.2) is 40.8 Å². The van der Waals surface area contributed by atoms with Gasteiger partial charge < -0.3 is 14.9 Å². The van der Waals surface area contributed by atoms with E-state index in [1.54, 1.807) is 25.3 Å². The van der Waals surface area contributed by atoms with E-state index in [9.17, 15) is 4.79 Å². The van der Waals surface area contributed by atoms with E-state index in [1.165, 1.54) is 24.0 Å². The fourth-order valence-electron chi connectivity index (χ4n) is 3.47. The molecule has 0 aliphatic heterocycles. The van der Waals surface area contributed by atoms with E-state index in [-0.39, 0.29) is 11.5 Å². The highest BCUT2D eigenvalue weighted by Gasteiger charge is 2.24. The van der Waals surface area contributed by atoms with Crippen LogP contribution in [0.3, 0.4) is 0 Å². The minimum absolute atomic E-state index is 0.192. The Bertz CT molecular complexity index is 939. The van der Waals surface area contributed by atoms with Crippen LogP contribution in [0.25, 0.3) is 11.0 Å². The third-order valence-corrected chi connectivity index (χ3v) is 4.75. The summed E-state index contributed by atoms with van der Waals surface area (Å²) in [6.45, 7) is 0. The summed E-state index contributed by atoms with van der Waals surface area (Å²) in [7, 11) is 1.54. The number of aryl methyl sites for hydroxylation is 2. The minimum Gasteiger partial charge on any atom is -0.496 e. The van der Waals surface area contributed by atoms with Crippen molar-refractivity contribution >= 4 is 22.4 Å². The van der Waals surface area contributed by atoms with Crippen LogP contribution in [0.4, 0.5) is 5.69 Å². The second-order valence-corrected chi connectivity index (χ2v) is 6.20. The zero-order valence-corrected chi connectivity index (χ0v) is 13.6. The zero-order valence-electron chi connectivity index (χ0n) is 13.6. The van der Waals surface area contributed by atoms with Gasteiger partial charge in [0, 0.05) is 5.39 Å². The highest BCUT2D eigenvalue weighted by molar-refractivity contribution is 6.15. The van der Waals surface area contributed by atoms with Crippen LogP contribution in [-0.2, 0) is 12.8 Å². The van der Waals surface area contributed by atoms with Crippen molar-refractivity contribution in [2.45, 2.75) is 25.7 Å². The third kappa shape index (κ3) is 2.26. The lowest BCUT2D eigenvalue weighted by Gasteiger charge is -2.14. The molecule has 3 aromatic rings. The van der Waals surface area contributed by atoms with Crippen molar-refractivity contribution < 1.29 is 13.9 Å². The predicted octanol–water partition coefficient (Wildman–Crippen LogP) is 4.13. The predicted molar refractivity (Wildman–Crippen MR) is 93.7 cm³/mol. The number of carbonyl (C=O) groups excluding carboxylic acids is 1. The van der Waals surface area contributed by atoms with Gasteiger partial charge >= 0.3 is 0 Å². The van der Waals surface area contributed by atoms with Crippen LogP contribution in [0, 0.1) is 0 Å². The Hall–Kier alpha value is -2.75. The monoisotopic (exact) mass is 321 g/mol. The first kappa shape index (κ1) is 14.8. The fraction of sp³-hybridized carbons (Fsp3) is 0.250.